The molecule has 1 aliphatic rings. The first-order valence-electron chi connectivity index (χ1n) is 10.9. The average molecular weight is 395 g/mol. The predicted octanol–water partition coefficient (Wildman–Crippen LogP) is 4.35. The Balaban J connectivity index is 1.64. The average Bonchev–Trinajstić information content (AvgIpc) is 2.76. The van der Waals surface area contributed by atoms with Gasteiger partial charge in [-0.15, -0.1) is 0 Å². The molecule has 4 nitrogen and oxygen atoms in total. The molecule has 1 heterocycles. The van der Waals surface area contributed by atoms with Gasteiger partial charge >= 0.3 is 5.97 Å². The van der Waals surface area contributed by atoms with Crippen LogP contribution in [0.25, 0.3) is 0 Å². The largest absolute Gasteiger partial charge is 0.464 e. The number of hydrogen-bond donors (Lipinski definition) is 0. The van der Waals surface area contributed by atoms with Gasteiger partial charge in [-0.25, -0.2) is 0 Å². The summed E-state index contributed by atoms with van der Waals surface area (Å²) in [6.45, 7) is 9.34. The van der Waals surface area contributed by atoms with Gasteiger partial charge in [0.05, 0.1) is 12.0 Å². The van der Waals surface area contributed by atoms with Crippen molar-refractivity contribution < 1.29 is 9.53 Å². The van der Waals surface area contributed by atoms with E-state index in [9.17, 15) is 4.79 Å². The van der Waals surface area contributed by atoms with E-state index < -0.39 is 0 Å². The second kappa shape index (κ2) is 11.1. The SMILES string of the molecule is CCC(CC)C(=O)OC[C@H]1CN(Cc2ccccc2)CCN1Cc1ccccc1. The number of hydrogen-bond acceptors (Lipinski definition) is 4. The molecule has 4 heteroatoms. The zero-order valence-corrected chi connectivity index (χ0v) is 17.8. The van der Waals surface area contributed by atoms with Crippen molar-refractivity contribution in [3.05, 3.63) is 71.8 Å². The van der Waals surface area contributed by atoms with Crippen molar-refractivity contribution in [2.75, 3.05) is 26.2 Å². The molecular weight excluding hydrogens is 360 g/mol. The lowest BCUT2D eigenvalue weighted by molar-refractivity contribution is -0.151. The summed E-state index contributed by atoms with van der Waals surface area (Å²) in [4.78, 5) is 17.4. The molecule has 3 rings (SSSR count). The highest BCUT2D eigenvalue weighted by Gasteiger charge is 2.29. The van der Waals surface area contributed by atoms with Gasteiger partial charge in [0.1, 0.15) is 6.61 Å². The fourth-order valence-corrected chi connectivity index (χ4v) is 4.04. The molecule has 156 valence electrons. The molecular formula is C25H34N2O2. The van der Waals surface area contributed by atoms with E-state index in [4.69, 9.17) is 4.74 Å². The van der Waals surface area contributed by atoms with E-state index in [1.807, 2.05) is 0 Å². The van der Waals surface area contributed by atoms with E-state index >= 15 is 0 Å². The lowest BCUT2D eigenvalue weighted by atomic mass is 10.0. The summed E-state index contributed by atoms with van der Waals surface area (Å²) in [7, 11) is 0. The summed E-state index contributed by atoms with van der Waals surface area (Å²) in [6.07, 6.45) is 1.68. The maximum absolute atomic E-state index is 12.4. The van der Waals surface area contributed by atoms with E-state index in [1.54, 1.807) is 0 Å². The zero-order chi connectivity index (χ0) is 20.5. The summed E-state index contributed by atoms with van der Waals surface area (Å²) in [5.41, 5.74) is 2.64. The van der Waals surface area contributed by atoms with E-state index in [2.05, 4.69) is 84.3 Å². The van der Waals surface area contributed by atoms with Gasteiger partial charge < -0.3 is 4.74 Å². The van der Waals surface area contributed by atoms with E-state index in [-0.39, 0.29) is 17.9 Å². The maximum atomic E-state index is 12.4. The standard InChI is InChI=1S/C25H34N2O2/c1-3-23(4-2)25(28)29-20-24-19-26(17-21-11-7-5-8-12-21)15-16-27(24)18-22-13-9-6-10-14-22/h5-14,23-24H,3-4,15-20H2,1-2H3/t24-/m1/s1. The molecule has 0 bridgehead atoms. The number of rotatable bonds is 9. The number of carbonyl (C=O) groups excluding carboxylic acids is 1. The highest BCUT2D eigenvalue weighted by atomic mass is 16.5. The number of benzene rings is 2. The minimum Gasteiger partial charge on any atom is -0.464 e. The highest BCUT2D eigenvalue weighted by Crippen LogP contribution is 2.18. The van der Waals surface area contributed by atoms with Gasteiger partial charge in [-0.05, 0) is 24.0 Å². The van der Waals surface area contributed by atoms with Crippen molar-refractivity contribution >= 4 is 5.97 Å². The highest BCUT2D eigenvalue weighted by molar-refractivity contribution is 5.72. The molecule has 29 heavy (non-hydrogen) atoms. The van der Waals surface area contributed by atoms with Gasteiger partial charge in [0.25, 0.3) is 0 Å². The molecule has 0 aromatic heterocycles. The number of ether oxygens (including phenoxy) is 1. The smallest absolute Gasteiger partial charge is 0.308 e. The first-order chi connectivity index (χ1) is 14.2. The third kappa shape index (κ3) is 6.41. The third-order valence-corrected chi connectivity index (χ3v) is 5.90. The van der Waals surface area contributed by atoms with Crippen LogP contribution in [-0.4, -0.2) is 48.1 Å². The minimum absolute atomic E-state index is 0.0154. The lowest BCUT2D eigenvalue weighted by Crippen LogP contribution is -2.54. The number of esters is 1. The molecule has 0 N–H and O–H groups in total. The molecule has 1 atom stereocenters. The molecule has 1 saturated heterocycles. The van der Waals surface area contributed by atoms with Crippen LogP contribution in [-0.2, 0) is 22.6 Å². The van der Waals surface area contributed by atoms with Gasteiger partial charge in [-0.1, -0.05) is 74.5 Å². The minimum atomic E-state index is -0.0464. The van der Waals surface area contributed by atoms with Crippen molar-refractivity contribution in [3.8, 4) is 0 Å². The van der Waals surface area contributed by atoms with Gasteiger partial charge in [0.2, 0.25) is 0 Å². The zero-order valence-electron chi connectivity index (χ0n) is 17.8. The Morgan fingerprint density at radius 3 is 2.10 bits per heavy atom. The number of nitrogens with zero attached hydrogens (tertiary/aromatic N) is 2. The summed E-state index contributed by atoms with van der Waals surface area (Å²) in [5.74, 6) is -0.0311. The van der Waals surface area contributed by atoms with E-state index in [0.717, 1.165) is 45.6 Å². The topological polar surface area (TPSA) is 32.8 Å². The van der Waals surface area contributed by atoms with Crippen LogP contribution in [0.4, 0.5) is 0 Å². The second-order valence-corrected chi connectivity index (χ2v) is 7.97. The molecule has 0 radical (unpaired) electrons. The van der Waals surface area contributed by atoms with E-state index in [0.29, 0.717) is 6.61 Å². The monoisotopic (exact) mass is 394 g/mol. The van der Waals surface area contributed by atoms with Gasteiger partial charge in [-0.3, -0.25) is 14.6 Å². The van der Waals surface area contributed by atoms with Crippen LogP contribution in [0.3, 0.4) is 0 Å². The lowest BCUT2D eigenvalue weighted by Gasteiger charge is -2.41. The molecule has 2 aromatic rings. The van der Waals surface area contributed by atoms with Crippen molar-refractivity contribution in [1.82, 2.24) is 9.80 Å². The molecule has 0 amide bonds. The Bertz CT molecular complexity index is 731. The first kappa shape index (κ1) is 21.5. The maximum Gasteiger partial charge on any atom is 0.308 e. The Labute approximate surface area is 175 Å². The molecule has 0 saturated carbocycles. The molecule has 2 aromatic carbocycles. The number of piperazine rings is 1. The summed E-state index contributed by atoms with van der Waals surface area (Å²) >= 11 is 0. The molecule has 0 spiro atoms. The summed E-state index contributed by atoms with van der Waals surface area (Å²) in [5, 5.41) is 0. The predicted molar refractivity (Wildman–Crippen MR) is 117 cm³/mol. The Morgan fingerprint density at radius 2 is 1.52 bits per heavy atom. The Morgan fingerprint density at radius 1 is 0.931 bits per heavy atom. The first-order valence-corrected chi connectivity index (χ1v) is 10.9. The molecule has 0 unspecified atom stereocenters. The molecule has 1 fully saturated rings. The molecule has 0 aliphatic carbocycles. The van der Waals surface area contributed by atoms with Crippen LogP contribution >= 0.6 is 0 Å². The Kier molecular flexibility index (Phi) is 8.26. The third-order valence-electron chi connectivity index (χ3n) is 5.90. The fourth-order valence-electron chi connectivity index (χ4n) is 4.04. The van der Waals surface area contributed by atoms with Crippen LogP contribution < -0.4 is 0 Å². The van der Waals surface area contributed by atoms with Crippen molar-refractivity contribution in [3.63, 3.8) is 0 Å². The summed E-state index contributed by atoms with van der Waals surface area (Å²) in [6, 6.07) is 21.4. The van der Waals surface area contributed by atoms with Crippen LogP contribution in [0.5, 0.6) is 0 Å². The fraction of sp³-hybridized carbons (Fsp3) is 0.480. The van der Waals surface area contributed by atoms with E-state index in [1.165, 1.54) is 11.1 Å². The van der Waals surface area contributed by atoms with Crippen molar-refractivity contribution in [2.45, 2.75) is 45.8 Å². The van der Waals surface area contributed by atoms with Gasteiger partial charge in [-0.2, -0.15) is 0 Å². The second-order valence-electron chi connectivity index (χ2n) is 7.97. The molecule has 1 aliphatic heterocycles. The van der Waals surface area contributed by atoms with Crippen LogP contribution in [0.2, 0.25) is 0 Å². The van der Waals surface area contributed by atoms with Crippen molar-refractivity contribution in [1.29, 1.82) is 0 Å². The van der Waals surface area contributed by atoms with Crippen molar-refractivity contribution in [2.24, 2.45) is 5.92 Å². The van der Waals surface area contributed by atoms with Crippen LogP contribution in [0.1, 0.15) is 37.8 Å². The van der Waals surface area contributed by atoms with Crippen LogP contribution in [0.15, 0.2) is 60.7 Å². The van der Waals surface area contributed by atoms with Gasteiger partial charge in [0.15, 0.2) is 0 Å². The normalized spacial score (nSPS) is 18.1. The van der Waals surface area contributed by atoms with Gasteiger partial charge in [0, 0.05) is 32.7 Å². The van der Waals surface area contributed by atoms with Crippen LogP contribution in [0, 0.1) is 5.92 Å². The Hall–Kier alpha value is -2.17. The quantitative estimate of drug-likeness (QED) is 0.592. The number of carbonyl (C=O) groups is 1. The summed E-state index contributed by atoms with van der Waals surface area (Å²) < 4.78 is 5.78.